The number of carbonyl (C=O) groups is 2. The third-order valence-corrected chi connectivity index (χ3v) is 6.67. The van der Waals surface area contributed by atoms with Crippen molar-refractivity contribution in [3.63, 3.8) is 0 Å². The second-order valence-electron chi connectivity index (χ2n) is 8.51. The highest BCUT2D eigenvalue weighted by atomic mass is 35.5. The first-order valence-electron chi connectivity index (χ1n) is 11.2. The fourth-order valence-electron chi connectivity index (χ4n) is 4.15. The molecule has 4 rings (SSSR count). The molecule has 3 N–H and O–H groups in total. The zero-order valence-electron chi connectivity index (χ0n) is 19.4. The maximum Gasteiger partial charge on any atom is 0.225 e. The molecule has 180 valence electrons. The number of nitrogens with zero attached hydrogens (tertiary/aromatic N) is 2. The number of rotatable bonds is 6. The third-order valence-electron chi connectivity index (χ3n) is 6.09. The number of aliphatic imine (C=N–C) groups is 1. The quantitative estimate of drug-likeness (QED) is 0.520. The number of benzene rings is 3. The van der Waals surface area contributed by atoms with Crippen molar-refractivity contribution < 1.29 is 9.59 Å². The van der Waals surface area contributed by atoms with Crippen molar-refractivity contribution in [2.24, 2.45) is 10.7 Å². The van der Waals surface area contributed by atoms with Crippen LogP contribution in [0.2, 0.25) is 10.0 Å². The molecule has 3 atom stereocenters. The second-order valence-corrected chi connectivity index (χ2v) is 9.35. The largest absolute Gasteiger partial charge is 0.356 e. The van der Waals surface area contributed by atoms with Crippen LogP contribution in [-0.2, 0) is 16.0 Å². The highest BCUT2D eigenvalue weighted by Gasteiger charge is 2.36. The van der Waals surface area contributed by atoms with Crippen LogP contribution < -0.4 is 16.0 Å². The van der Waals surface area contributed by atoms with Gasteiger partial charge in [-0.1, -0.05) is 77.8 Å². The Kier molecular flexibility index (Phi) is 7.55. The van der Waals surface area contributed by atoms with Crippen molar-refractivity contribution in [1.29, 1.82) is 0 Å². The van der Waals surface area contributed by atoms with E-state index in [2.05, 4.69) is 5.32 Å². The number of amides is 1. The lowest BCUT2D eigenvalue weighted by atomic mass is 10.00. The lowest BCUT2D eigenvalue weighted by Gasteiger charge is -2.30. The molecular formula is C27H26Cl2N4O2. The van der Waals surface area contributed by atoms with E-state index in [0.717, 1.165) is 16.8 Å². The van der Waals surface area contributed by atoms with Gasteiger partial charge in [0.25, 0.3) is 0 Å². The average Bonchev–Trinajstić information content (AvgIpc) is 2.96. The smallest absolute Gasteiger partial charge is 0.225 e. The lowest BCUT2D eigenvalue weighted by Crippen LogP contribution is -2.55. The first kappa shape index (κ1) is 24.9. The van der Waals surface area contributed by atoms with Gasteiger partial charge in [-0.2, -0.15) is 0 Å². The van der Waals surface area contributed by atoms with Gasteiger partial charge in [-0.05, 0) is 30.7 Å². The number of fused-ring (bicyclic) bond motifs is 1. The highest BCUT2D eigenvalue weighted by molar-refractivity contribution is 6.35. The zero-order valence-corrected chi connectivity index (χ0v) is 20.9. The number of halogens is 2. The number of carbonyl (C=O) groups excluding carboxylic acids is 2. The summed E-state index contributed by atoms with van der Waals surface area (Å²) in [7, 11) is 1.85. The van der Waals surface area contributed by atoms with Crippen LogP contribution in [0.4, 0.5) is 5.69 Å². The zero-order chi connectivity index (χ0) is 25.1. The average molecular weight is 509 g/mol. The standard InChI is InChI=1S/C27H26Cl2N4O2/c1-16(31-23(34)14-18-12-13-19(28)15-21(18)29)26(35)25-27(30)33(2)22-11-7-6-10-20(22)24(32-25)17-8-4-3-5-9-17/h3-13,15-16,25,27H,14,30H2,1-2H3,(H,31,34)/t16?,25?,27-/m0/s1. The van der Waals surface area contributed by atoms with Crippen molar-refractivity contribution in [3.05, 3.63) is 99.5 Å². The fraction of sp³-hybridized carbons (Fsp3) is 0.222. The van der Waals surface area contributed by atoms with Gasteiger partial charge in [0.05, 0.1) is 18.2 Å². The molecule has 1 heterocycles. The molecule has 0 saturated carbocycles. The lowest BCUT2D eigenvalue weighted by molar-refractivity contribution is -0.127. The van der Waals surface area contributed by atoms with Gasteiger partial charge >= 0.3 is 0 Å². The summed E-state index contributed by atoms with van der Waals surface area (Å²) in [5.41, 5.74) is 10.5. The number of nitrogens with one attached hydrogen (secondary N) is 1. The van der Waals surface area contributed by atoms with E-state index in [-0.39, 0.29) is 18.1 Å². The van der Waals surface area contributed by atoms with Gasteiger partial charge in [0.2, 0.25) is 5.91 Å². The summed E-state index contributed by atoms with van der Waals surface area (Å²) in [6.07, 6.45) is -0.691. The first-order chi connectivity index (χ1) is 16.8. The molecule has 3 aromatic carbocycles. The molecule has 0 saturated heterocycles. The number of ketones is 1. The third kappa shape index (κ3) is 5.40. The van der Waals surface area contributed by atoms with Crippen LogP contribution in [0.15, 0.2) is 77.8 Å². The van der Waals surface area contributed by atoms with Gasteiger partial charge < -0.3 is 16.0 Å². The Morgan fingerprint density at radius 2 is 1.74 bits per heavy atom. The summed E-state index contributed by atoms with van der Waals surface area (Å²) in [4.78, 5) is 33.0. The minimum Gasteiger partial charge on any atom is -0.356 e. The molecule has 2 unspecified atom stereocenters. The van der Waals surface area contributed by atoms with Gasteiger partial charge in [0.1, 0.15) is 12.2 Å². The second kappa shape index (κ2) is 10.6. The predicted octanol–water partition coefficient (Wildman–Crippen LogP) is 4.25. The molecule has 1 amide bonds. The van der Waals surface area contributed by atoms with Crippen LogP contribution in [0.25, 0.3) is 0 Å². The molecule has 35 heavy (non-hydrogen) atoms. The first-order valence-corrected chi connectivity index (χ1v) is 12.0. The number of benzodiazepines with no additional fused rings is 1. The van der Waals surface area contributed by atoms with E-state index in [1.807, 2.05) is 66.5 Å². The van der Waals surface area contributed by atoms with E-state index in [9.17, 15) is 9.59 Å². The van der Waals surface area contributed by atoms with Gasteiger partial charge in [0, 0.05) is 33.9 Å². The van der Waals surface area contributed by atoms with Gasteiger partial charge in [-0.25, -0.2) is 0 Å². The topological polar surface area (TPSA) is 87.8 Å². The van der Waals surface area contributed by atoms with Crippen LogP contribution in [0.3, 0.4) is 0 Å². The number of nitrogens with two attached hydrogens (primary N) is 1. The number of likely N-dealkylation sites (N-methyl/N-ethyl adjacent to an activating group) is 1. The molecule has 0 aliphatic carbocycles. The van der Waals surface area contributed by atoms with Crippen molar-refractivity contribution in [1.82, 2.24) is 5.32 Å². The Morgan fingerprint density at radius 1 is 1.06 bits per heavy atom. The van der Waals surface area contributed by atoms with Crippen LogP contribution in [0.1, 0.15) is 23.6 Å². The number of Topliss-reactive ketones (excluding diaryl/α,β-unsaturated/α-hetero) is 1. The molecule has 1 aliphatic rings. The number of anilines is 1. The highest BCUT2D eigenvalue weighted by Crippen LogP contribution is 2.29. The minimum absolute atomic E-state index is 0.0220. The van der Waals surface area contributed by atoms with E-state index < -0.39 is 18.2 Å². The molecule has 0 radical (unpaired) electrons. The maximum atomic E-state index is 13.6. The summed E-state index contributed by atoms with van der Waals surface area (Å²) >= 11 is 12.1. The SMILES string of the molecule is CC(NC(=O)Cc1ccc(Cl)cc1Cl)C(=O)C1N=C(c2ccccc2)c2ccccc2N(C)[C@@H]1N. The molecule has 0 fully saturated rings. The Morgan fingerprint density at radius 3 is 2.46 bits per heavy atom. The summed E-state index contributed by atoms with van der Waals surface area (Å²) in [5.74, 6) is -0.609. The van der Waals surface area contributed by atoms with Crippen LogP contribution in [0, 0.1) is 0 Å². The number of hydrogen-bond donors (Lipinski definition) is 2. The number of hydrogen-bond acceptors (Lipinski definition) is 5. The van der Waals surface area contributed by atoms with E-state index in [1.54, 1.807) is 25.1 Å². The molecule has 8 heteroatoms. The van der Waals surface area contributed by atoms with Crippen LogP contribution >= 0.6 is 23.2 Å². The Bertz CT molecular complexity index is 1280. The molecule has 0 spiro atoms. The van der Waals surface area contributed by atoms with Crippen molar-refractivity contribution in [2.45, 2.75) is 31.6 Å². The van der Waals surface area contributed by atoms with Crippen LogP contribution in [-0.4, -0.2) is 42.7 Å². The van der Waals surface area contributed by atoms with Gasteiger partial charge in [-0.3, -0.25) is 14.6 Å². The van der Waals surface area contributed by atoms with Gasteiger partial charge in [-0.15, -0.1) is 0 Å². The summed E-state index contributed by atoms with van der Waals surface area (Å²) in [6, 6.07) is 20.7. The normalized spacial score (nSPS) is 18.2. The van der Waals surface area contributed by atoms with Crippen molar-refractivity contribution in [3.8, 4) is 0 Å². The van der Waals surface area contributed by atoms with Gasteiger partial charge in [0.15, 0.2) is 5.78 Å². The fourth-order valence-corrected chi connectivity index (χ4v) is 4.63. The molecular weight excluding hydrogens is 483 g/mol. The molecule has 0 aromatic heterocycles. The van der Waals surface area contributed by atoms with E-state index in [0.29, 0.717) is 21.3 Å². The Labute approximate surface area is 214 Å². The van der Waals surface area contributed by atoms with Crippen molar-refractivity contribution >= 4 is 46.3 Å². The predicted molar refractivity (Wildman–Crippen MR) is 141 cm³/mol. The van der Waals surface area contributed by atoms with E-state index in [1.165, 1.54) is 0 Å². The van der Waals surface area contributed by atoms with Crippen molar-refractivity contribution in [2.75, 3.05) is 11.9 Å². The monoisotopic (exact) mass is 508 g/mol. The van der Waals surface area contributed by atoms with E-state index in [4.69, 9.17) is 33.9 Å². The number of para-hydroxylation sites is 1. The molecule has 0 bridgehead atoms. The van der Waals surface area contributed by atoms with Crippen LogP contribution in [0.5, 0.6) is 0 Å². The summed E-state index contributed by atoms with van der Waals surface area (Å²) in [6.45, 7) is 1.65. The summed E-state index contributed by atoms with van der Waals surface area (Å²) in [5, 5.41) is 3.66. The molecule has 6 nitrogen and oxygen atoms in total. The molecule has 1 aliphatic heterocycles. The molecule has 3 aromatic rings. The summed E-state index contributed by atoms with van der Waals surface area (Å²) < 4.78 is 0. The Balaban J connectivity index is 1.61. The van der Waals surface area contributed by atoms with E-state index >= 15 is 0 Å². The maximum absolute atomic E-state index is 13.6. The minimum atomic E-state index is -0.892. The Hall–Kier alpha value is -3.19.